The van der Waals surface area contributed by atoms with E-state index in [1.807, 2.05) is 0 Å². The van der Waals surface area contributed by atoms with Crippen molar-refractivity contribution in [2.75, 3.05) is 6.79 Å². The highest BCUT2D eigenvalue weighted by atomic mass is 16.7. The number of rotatable bonds is 4. The smallest absolute Gasteiger partial charge is 0.337 e. The van der Waals surface area contributed by atoms with Gasteiger partial charge in [0.05, 0.1) is 11.1 Å². The molecule has 2 N–H and O–H groups in total. The largest absolute Gasteiger partial charge is 0.478 e. The molecule has 1 aliphatic heterocycles. The second kappa shape index (κ2) is 5.84. The Morgan fingerprint density at radius 1 is 0.783 bits per heavy atom. The van der Waals surface area contributed by atoms with Gasteiger partial charge in [0.15, 0.2) is 11.5 Å². The second-order valence-electron chi connectivity index (χ2n) is 4.79. The fraction of sp³-hybridized carbons (Fsp3) is 0.0588. The van der Waals surface area contributed by atoms with Crippen molar-refractivity contribution in [3.8, 4) is 11.5 Å². The first kappa shape index (κ1) is 14.6. The van der Waals surface area contributed by atoms with E-state index in [9.17, 15) is 19.8 Å². The highest BCUT2D eigenvalue weighted by molar-refractivity contribution is 6.36. The molecule has 6 heteroatoms. The number of hydrogen-bond acceptors (Lipinski definition) is 4. The lowest BCUT2D eigenvalue weighted by molar-refractivity contribution is -0.132. The second-order valence-corrected chi connectivity index (χ2v) is 4.79. The van der Waals surface area contributed by atoms with Crippen LogP contribution in [-0.4, -0.2) is 28.9 Å². The Balaban J connectivity index is 2.23. The standard InChI is InChI=1S/C17H12O6/c18-16(19)14(10-4-2-1-3-5-10)15(17(20)21)11-6-7-12-13(8-11)23-9-22-12/h1-8H,9H2,(H,18,19)(H,20,21)/b15-14-. The molecule has 0 atom stereocenters. The van der Waals surface area contributed by atoms with E-state index in [0.717, 1.165) is 0 Å². The van der Waals surface area contributed by atoms with Crippen molar-refractivity contribution in [1.29, 1.82) is 0 Å². The van der Waals surface area contributed by atoms with Gasteiger partial charge in [-0.15, -0.1) is 0 Å². The fourth-order valence-electron chi connectivity index (χ4n) is 2.41. The van der Waals surface area contributed by atoms with Crippen LogP contribution in [0.1, 0.15) is 11.1 Å². The number of ether oxygens (including phenoxy) is 2. The number of carboxylic acid groups (broad SMARTS) is 2. The summed E-state index contributed by atoms with van der Waals surface area (Å²) >= 11 is 0. The van der Waals surface area contributed by atoms with Crippen LogP contribution in [0.25, 0.3) is 11.1 Å². The van der Waals surface area contributed by atoms with Crippen LogP contribution in [-0.2, 0) is 9.59 Å². The average Bonchev–Trinajstić information content (AvgIpc) is 3.00. The third-order valence-electron chi connectivity index (χ3n) is 3.40. The lowest BCUT2D eigenvalue weighted by Gasteiger charge is -2.10. The predicted octanol–water partition coefficient (Wildman–Crippen LogP) is 2.50. The third kappa shape index (κ3) is 2.74. The molecule has 0 aromatic heterocycles. The van der Waals surface area contributed by atoms with Gasteiger partial charge in [-0.05, 0) is 23.3 Å². The fourth-order valence-corrected chi connectivity index (χ4v) is 2.41. The summed E-state index contributed by atoms with van der Waals surface area (Å²) in [5.41, 5.74) is -0.0305. The number of fused-ring (bicyclic) bond motifs is 1. The van der Waals surface area contributed by atoms with E-state index in [0.29, 0.717) is 17.1 Å². The average molecular weight is 312 g/mol. The summed E-state index contributed by atoms with van der Waals surface area (Å²) in [4.78, 5) is 23.4. The summed E-state index contributed by atoms with van der Waals surface area (Å²) < 4.78 is 10.4. The molecule has 23 heavy (non-hydrogen) atoms. The maximum absolute atomic E-state index is 11.7. The number of carboxylic acids is 2. The highest BCUT2D eigenvalue weighted by Gasteiger charge is 2.25. The lowest BCUT2D eigenvalue weighted by Crippen LogP contribution is -2.10. The van der Waals surface area contributed by atoms with Crippen molar-refractivity contribution in [3.63, 3.8) is 0 Å². The van der Waals surface area contributed by atoms with Gasteiger partial charge in [0.1, 0.15) is 0 Å². The maximum atomic E-state index is 11.7. The third-order valence-corrected chi connectivity index (χ3v) is 3.40. The number of aliphatic carboxylic acids is 2. The molecule has 3 rings (SSSR count). The quantitative estimate of drug-likeness (QED) is 0.665. The molecule has 1 aliphatic rings. The zero-order valence-corrected chi connectivity index (χ0v) is 11.9. The Labute approximate surface area is 131 Å². The normalized spacial score (nSPS) is 13.4. The topological polar surface area (TPSA) is 93.1 Å². The van der Waals surface area contributed by atoms with Gasteiger partial charge in [-0.25, -0.2) is 9.59 Å². The Morgan fingerprint density at radius 3 is 2.04 bits per heavy atom. The van der Waals surface area contributed by atoms with Crippen LogP contribution in [0, 0.1) is 0 Å². The minimum absolute atomic E-state index is 0.0510. The van der Waals surface area contributed by atoms with Crippen LogP contribution < -0.4 is 9.47 Å². The van der Waals surface area contributed by atoms with E-state index < -0.39 is 11.9 Å². The molecule has 0 saturated heterocycles. The van der Waals surface area contributed by atoms with E-state index >= 15 is 0 Å². The summed E-state index contributed by atoms with van der Waals surface area (Å²) in [6.07, 6.45) is 0. The van der Waals surface area contributed by atoms with Gasteiger partial charge < -0.3 is 19.7 Å². The van der Waals surface area contributed by atoms with Crippen LogP contribution in [0.4, 0.5) is 0 Å². The summed E-state index contributed by atoms with van der Waals surface area (Å²) in [6.45, 7) is 0.0510. The summed E-state index contributed by atoms with van der Waals surface area (Å²) in [7, 11) is 0. The first-order valence-electron chi connectivity index (χ1n) is 6.74. The molecule has 6 nitrogen and oxygen atoms in total. The molecule has 0 spiro atoms. The molecule has 116 valence electrons. The van der Waals surface area contributed by atoms with Gasteiger partial charge in [-0.3, -0.25) is 0 Å². The van der Waals surface area contributed by atoms with E-state index in [1.165, 1.54) is 12.1 Å². The van der Waals surface area contributed by atoms with Crippen LogP contribution in [0.5, 0.6) is 11.5 Å². The van der Waals surface area contributed by atoms with Gasteiger partial charge in [-0.1, -0.05) is 36.4 Å². The SMILES string of the molecule is O=C(O)/C(=C(\C(=O)O)c1ccc2c(c1)OCO2)c1ccccc1. The van der Waals surface area contributed by atoms with Crippen molar-refractivity contribution in [2.24, 2.45) is 0 Å². The maximum Gasteiger partial charge on any atom is 0.337 e. The number of carbonyl (C=O) groups is 2. The number of hydrogen-bond donors (Lipinski definition) is 2. The molecule has 2 aromatic rings. The van der Waals surface area contributed by atoms with Crippen molar-refractivity contribution in [2.45, 2.75) is 0 Å². The minimum Gasteiger partial charge on any atom is -0.478 e. The zero-order chi connectivity index (χ0) is 16.4. The van der Waals surface area contributed by atoms with Gasteiger partial charge in [0.2, 0.25) is 6.79 Å². The lowest BCUT2D eigenvalue weighted by atomic mass is 9.94. The Hall–Kier alpha value is -3.28. The molecular weight excluding hydrogens is 300 g/mol. The molecule has 0 aliphatic carbocycles. The predicted molar refractivity (Wildman–Crippen MR) is 81.1 cm³/mol. The minimum atomic E-state index is -1.33. The van der Waals surface area contributed by atoms with E-state index in [1.54, 1.807) is 36.4 Å². The molecule has 1 heterocycles. The molecule has 0 unspecified atom stereocenters. The Bertz CT molecular complexity index is 807. The molecule has 0 amide bonds. The molecule has 0 bridgehead atoms. The van der Waals surface area contributed by atoms with Gasteiger partial charge in [0, 0.05) is 0 Å². The molecule has 0 fully saturated rings. The Kier molecular flexibility index (Phi) is 3.72. The van der Waals surface area contributed by atoms with Crippen molar-refractivity contribution in [3.05, 3.63) is 59.7 Å². The van der Waals surface area contributed by atoms with Crippen LogP contribution >= 0.6 is 0 Å². The van der Waals surface area contributed by atoms with E-state index in [4.69, 9.17) is 9.47 Å². The summed E-state index contributed by atoms with van der Waals surface area (Å²) in [5.74, 6) is -1.76. The zero-order valence-electron chi connectivity index (χ0n) is 11.9. The Morgan fingerprint density at radius 2 is 1.39 bits per heavy atom. The van der Waals surface area contributed by atoms with Crippen LogP contribution in [0.2, 0.25) is 0 Å². The number of benzene rings is 2. The van der Waals surface area contributed by atoms with E-state index in [2.05, 4.69) is 0 Å². The van der Waals surface area contributed by atoms with Crippen LogP contribution in [0.3, 0.4) is 0 Å². The van der Waals surface area contributed by atoms with Crippen molar-refractivity contribution in [1.82, 2.24) is 0 Å². The van der Waals surface area contributed by atoms with Crippen LogP contribution in [0.15, 0.2) is 48.5 Å². The van der Waals surface area contributed by atoms with Gasteiger partial charge >= 0.3 is 11.9 Å². The van der Waals surface area contributed by atoms with Crippen molar-refractivity contribution < 1.29 is 29.3 Å². The summed E-state index contributed by atoms with van der Waals surface area (Å²) in [6, 6.07) is 12.7. The van der Waals surface area contributed by atoms with Gasteiger partial charge in [-0.2, -0.15) is 0 Å². The van der Waals surface area contributed by atoms with Crippen molar-refractivity contribution >= 4 is 23.1 Å². The summed E-state index contributed by atoms with van der Waals surface area (Å²) in [5, 5.41) is 19.1. The molecular formula is C17H12O6. The first-order valence-corrected chi connectivity index (χ1v) is 6.74. The molecule has 2 aromatic carbocycles. The molecule has 0 radical (unpaired) electrons. The molecule has 0 saturated carbocycles. The monoisotopic (exact) mass is 312 g/mol. The van der Waals surface area contributed by atoms with Gasteiger partial charge in [0.25, 0.3) is 0 Å². The first-order chi connectivity index (χ1) is 11.1. The highest BCUT2D eigenvalue weighted by Crippen LogP contribution is 2.36. The van der Waals surface area contributed by atoms with E-state index in [-0.39, 0.29) is 23.5 Å².